The molecule has 2 aliphatic heterocycles. The van der Waals surface area contributed by atoms with Crippen molar-refractivity contribution in [2.45, 2.75) is 25.1 Å². The van der Waals surface area contributed by atoms with E-state index in [2.05, 4.69) is 5.10 Å². The number of benzene rings is 2. The normalized spacial score (nSPS) is 20.1. The monoisotopic (exact) mass is 469 g/mol. The van der Waals surface area contributed by atoms with Crippen LogP contribution >= 0.6 is 23.5 Å². The second-order valence-corrected chi connectivity index (χ2v) is 9.71. The molecule has 1 spiro atoms. The van der Waals surface area contributed by atoms with Gasteiger partial charge in [0.1, 0.15) is 4.91 Å². The van der Waals surface area contributed by atoms with Gasteiger partial charge >= 0.3 is 11.9 Å². The summed E-state index contributed by atoms with van der Waals surface area (Å²) in [5.74, 6) is -0.926. The summed E-state index contributed by atoms with van der Waals surface area (Å²) in [4.78, 5) is 27.9. The Bertz CT molecular complexity index is 1120. The van der Waals surface area contributed by atoms with Gasteiger partial charge in [0.25, 0.3) is 0 Å². The molecular weight excluding hydrogens is 446 g/mol. The third kappa shape index (κ3) is 3.75. The minimum atomic E-state index is -0.981. The molecule has 0 amide bonds. The summed E-state index contributed by atoms with van der Waals surface area (Å²) in [5.41, 5.74) is 3.44. The maximum atomic E-state index is 12.9. The van der Waals surface area contributed by atoms with E-state index in [0.717, 1.165) is 22.6 Å². The lowest BCUT2D eigenvalue weighted by atomic mass is 10.2. The first kappa shape index (κ1) is 22.3. The molecule has 1 atom stereocenters. The van der Waals surface area contributed by atoms with Crippen LogP contribution in [0.5, 0.6) is 0 Å². The van der Waals surface area contributed by atoms with Crippen LogP contribution in [0.3, 0.4) is 0 Å². The van der Waals surface area contributed by atoms with Crippen molar-refractivity contribution in [3.8, 4) is 0 Å². The molecule has 4 rings (SSSR count). The van der Waals surface area contributed by atoms with Crippen LogP contribution in [0.1, 0.15) is 19.4 Å². The predicted octanol–water partition coefficient (Wildman–Crippen LogP) is 4.69. The highest BCUT2D eigenvalue weighted by Gasteiger charge is 2.58. The SMILES string of the molecule is CCOC(=O)C1=C(C)N(c2ccccc2)[C@]2(SC(C(=O)OC)=NN2c2cccc(C)c2)S1. The lowest BCUT2D eigenvalue weighted by Crippen LogP contribution is -2.49. The molecule has 9 heteroatoms. The Labute approximate surface area is 195 Å². The number of para-hydroxylation sites is 1. The summed E-state index contributed by atoms with van der Waals surface area (Å²) in [7, 11) is 1.33. The largest absolute Gasteiger partial charge is 0.464 e. The molecule has 0 aliphatic carbocycles. The average Bonchev–Trinajstić information content (AvgIpc) is 3.31. The first-order valence-corrected chi connectivity index (χ1v) is 11.7. The van der Waals surface area contributed by atoms with E-state index >= 15 is 0 Å². The molecule has 32 heavy (non-hydrogen) atoms. The van der Waals surface area contributed by atoms with Crippen LogP contribution in [0, 0.1) is 6.92 Å². The van der Waals surface area contributed by atoms with Gasteiger partial charge in [0.05, 0.1) is 19.4 Å². The number of rotatable bonds is 5. The van der Waals surface area contributed by atoms with Crippen molar-refractivity contribution < 1.29 is 19.1 Å². The minimum Gasteiger partial charge on any atom is -0.464 e. The van der Waals surface area contributed by atoms with Crippen LogP contribution in [0.2, 0.25) is 0 Å². The molecule has 2 aromatic carbocycles. The lowest BCUT2D eigenvalue weighted by molar-refractivity contribution is -0.137. The van der Waals surface area contributed by atoms with E-state index in [4.69, 9.17) is 9.47 Å². The summed E-state index contributed by atoms with van der Waals surface area (Å²) in [6, 6.07) is 17.6. The van der Waals surface area contributed by atoms with Crippen molar-refractivity contribution in [1.29, 1.82) is 0 Å². The summed E-state index contributed by atoms with van der Waals surface area (Å²) >= 11 is 2.57. The molecule has 7 nitrogen and oxygen atoms in total. The van der Waals surface area contributed by atoms with Gasteiger partial charge in [0, 0.05) is 11.4 Å². The van der Waals surface area contributed by atoms with Crippen molar-refractivity contribution in [3.05, 3.63) is 70.8 Å². The fraction of sp³-hybridized carbons (Fsp3) is 0.261. The molecule has 0 saturated heterocycles. The predicted molar refractivity (Wildman–Crippen MR) is 129 cm³/mol. The van der Waals surface area contributed by atoms with Gasteiger partial charge < -0.3 is 14.4 Å². The third-order valence-electron chi connectivity index (χ3n) is 4.95. The van der Waals surface area contributed by atoms with E-state index in [1.807, 2.05) is 73.3 Å². The van der Waals surface area contributed by atoms with Gasteiger partial charge in [0.15, 0.2) is 0 Å². The molecule has 0 N–H and O–H groups in total. The zero-order valence-electron chi connectivity index (χ0n) is 18.2. The number of hydrazone groups is 1. The van der Waals surface area contributed by atoms with E-state index < -0.39 is 16.3 Å². The number of thioether (sulfide) groups is 2. The fourth-order valence-electron chi connectivity index (χ4n) is 3.58. The topological polar surface area (TPSA) is 71.4 Å². The highest BCUT2D eigenvalue weighted by Crippen LogP contribution is 2.60. The number of nitrogens with zero attached hydrogens (tertiary/aromatic N) is 3. The van der Waals surface area contributed by atoms with E-state index in [0.29, 0.717) is 4.91 Å². The second kappa shape index (κ2) is 8.91. The molecule has 0 radical (unpaired) electrons. The van der Waals surface area contributed by atoms with Crippen LogP contribution in [0.15, 0.2) is 70.3 Å². The quantitative estimate of drug-likeness (QED) is 0.584. The number of ether oxygens (including phenoxy) is 2. The van der Waals surface area contributed by atoms with Gasteiger partial charge in [-0.3, -0.25) is 0 Å². The van der Waals surface area contributed by atoms with Gasteiger partial charge in [-0.2, -0.15) is 5.10 Å². The zero-order chi connectivity index (χ0) is 22.9. The van der Waals surface area contributed by atoms with Crippen LogP contribution in [-0.2, 0) is 19.1 Å². The van der Waals surface area contributed by atoms with E-state index in [1.165, 1.54) is 30.6 Å². The number of esters is 2. The molecular formula is C23H23N3O4S2. The van der Waals surface area contributed by atoms with Crippen molar-refractivity contribution in [1.82, 2.24) is 0 Å². The number of methoxy groups -OCH3 is 1. The Morgan fingerprint density at radius 1 is 1.00 bits per heavy atom. The number of carbonyl (C=O) groups is 2. The summed E-state index contributed by atoms with van der Waals surface area (Å²) in [6.45, 7) is 5.92. The first-order chi connectivity index (χ1) is 15.4. The zero-order valence-corrected chi connectivity index (χ0v) is 19.8. The fourth-order valence-corrected chi connectivity index (χ4v) is 6.56. The van der Waals surface area contributed by atoms with Gasteiger partial charge in [0.2, 0.25) is 9.37 Å². The highest BCUT2D eigenvalue weighted by atomic mass is 32.2. The Morgan fingerprint density at radius 2 is 1.72 bits per heavy atom. The number of allylic oxidation sites excluding steroid dienone is 1. The molecule has 2 aliphatic rings. The van der Waals surface area contributed by atoms with Gasteiger partial charge in [-0.05, 0) is 62.4 Å². The number of anilines is 2. The number of carbonyl (C=O) groups excluding carboxylic acids is 2. The van der Waals surface area contributed by atoms with Crippen LogP contribution < -0.4 is 9.91 Å². The van der Waals surface area contributed by atoms with E-state index in [-0.39, 0.29) is 11.7 Å². The van der Waals surface area contributed by atoms with Crippen LogP contribution in [0.25, 0.3) is 0 Å². The molecule has 0 unspecified atom stereocenters. The van der Waals surface area contributed by atoms with Gasteiger partial charge in [-0.1, -0.05) is 42.1 Å². The van der Waals surface area contributed by atoms with Crippen molar-refractivity contribution in [3.63, 3.8) is 0 Å². The molecule has 0 saturated carbocycles. The molecule has 0 aromatic heterocycles. The van der Waals surface area contributed by atoms with Crippen LogP contribution in [0.4, 0.5) is 11.4 Å². The molecule has 166 valence electrons. The number of aryl methyl sites for hydroxylation is 1. The molecule has 0 fully saturated rings. The van der Waals surface area contributed by atoms with Gasteiger partial charge in [-0.15, -0.1) is 0 Å². The average molecular weight is 470 g/mol. The van der Waals surface area contributed by atoms with Crippen molar-refractivity contribution >= 4 is 51.9 Å². The Kier molecular flexibility index (Phi) is 6.21. The Morgan fingerprint density at radius 3 is 2.38 bits per heavy atom. The summed E-state index contributed by atoms with van der Waals surface area (Å²) in [6.07, 6.45) is 0. The summed E-state index contributed by atoms with van der Waals surface area (Å²) < 4.78 is 9.33. The Hall–Kier alpha value is -2.91. The molecule has 2 aromatic rings. The van der Waals surface area contributed by atoms with E-state index in [1.54, 1.807) is 11.9 Å². The van der Waals surface area contributed by atoms with Crippen molar-refractivity contribution in [2.75, 3.05) is 23.6 Å². The lowest BCUT2D eigenvalue weighted by Gasteiger charge is -2.41. The maximum absolute atomic E-state index is 12.9. The van der Waals surface area contributed by atoms with Gasteiger partial charge in [-0.25, -0.2) is 14.6 Å². The number of hydrogen-bond acceptors (Lipinski definition) is 9. The highest BCUT2D eigenvalue weighted by molar-refractivity contribution is 8.29. The smallest absolute Gasteiger partial charge is 0.365 e. The molecule has 2 heterocycles. The molecule has 0 bridgehead atoms. The summed E-state index contributed by atoms with van der Waals surface area (Å²) in [5, 5.41) is 6.64. The third-order valence-corrected chi connectivity index (χ3v) is 7.80. The van der Waals surface area contributed by atoms with Crippen molar-refractivity contribution in [2.24, 2.45) is 5.10 Å². The number of hydrogen-bond donors (Lipinski definition) is 0. The second-order valence-electron chi connectivity index (χ2n) is 7.11. The maximum Gasteiger partial charge on any atom is 0.365 e. The Balaban J connectivity index is 1.90. The standard InChI is InChI=1S/C23H23N3O4S2/c1-5-30-21(27)19-16(3)25(17-11-7-6-8-12-17)23(31-19)26(18-13-9-10-15(2)14-18)24-20(32-23)22(28)29-4/h6-14H,5H2,1-4H3/t23-/m1/s1. The first-order valence-electron chi connectivity index (χ1n) is 10.1. The van der Waals surface area contributed by atoms with E-state index in [9.17, 15) is 9.59 Å². The van der Waals surface area contributed by atoms with Crippen LogP contribution in [-0.4, -0.2) is 35.0 Å². The minimum absolute atomic E-state index is 0.209.